The predicted octanol–water partition coefficient (Wildman–Crippen LogP) is 0.975. The van der Waals surface area contributed by atoms with Crippen LogP contribution in [0.1, 0.15) is 33.1 Å². The molecule has 6 heteroatoms. The third kappa shape index (κ3) is 3.83. The fraction of sp³-hybridized carbons (Fsp3) is 0.846. The van der Waals surface area contributed by atoms with Gasteiger partial charge in [0, 0.05) is 19.6 Å². The van der Waals surface area contributed by atoms with Crippen LogP contribution in [0.25, 0.3) is 0 Å². The van der Waals surface area contributed by atoms with Crippen LogP contribution in [-0.4, -0.2) is 65.7 Å². The second-order valence-corrected chi connectivity index (χ2v) is 5.58. The molecule has 1 heterocycles. The summed E-state index contributed by atoms with van der Waals surface area (Å²) in [7, 11) is 3.76. The van der Waals surface area contributed by atoms with E-state index in [2.05, 4.69) is 17.3 Å². The first-order valence-corrected chi connectivity index (χ1v) is 6.77. The van der Waals surface area contributed by atoms with Gasteiger partial charge in [-0.05, 0) is 39.8 Å². The lowest BCUT2D eigenvalue weighted by Gasteiger charge is -2.30. The highest BCUT2D eigenvalue weighted by molar-refractivity contribution is 5.85. The van der Waals surface area contributed by atoms with E-state index in [1.165, 1.54) is 6.92 Å². The van der Waals surface area contributed by atoms with E-state index in [9.17, 15) is 9.59 Å². The summed E-state index contributed by atoms with van der Waals surface area (Å²) in [5.74, 6) is -1.00. The molecule has 2 N–H and O–H groups in total. The van der Waals surface area contributed by atoms with Gasteiger partial charge in [0.2, 0.25) is 0 Å². The van der Waals surface area contributed by atoms with Crippen LogP contribution in [-0.2, 0) is 4.79 Å². The molecule has 6 nitrogen and oxygen atoms in total. The average Bonchev–Trinajstić information content (AvgIpc) is 2.74. The van der Waals surface area contributed by atoms with E-state index in [1.54, 1.807) is 18.9 Å². The van der Waals surface area contributed by atoms with Gasteiger partial charge in [0.25, 0.3) is 0 Å². The monoisotopic (exact) mass is 271 g/mol. The van der Waals surface area contributed by atoms with Crippen molar-refractivity contribution in [3.8, 4) is 0 Å². The molecule has 1 saturated heterocycles. The lowest BCUT2D eigenvalue weighted by Crippen LogP contribution is -2.56. The number of likely N-dealkylation sites (tertiary alicyclic amines) is 1. The van der Waals surface area contributed by atoms with Gasteiger partial charge in [-0.2, -0.15) is 0 Å². The van der Waals surface area contributed by atoms with Gasteiger partial charge in [-0.25, -0.2) is 9.59 Å². The van der Waals surface area contributed by atoms with Gasteiger partial charge in [-0.1, -0.05) is 6.92 Å². The molecule has 2 amide bonds. The number of rotatable bonds is 5. The van der Waals surface area contributed by atoms with Crippen LogP contribution in [0, 0.1) is 0 Å². The van der Waals surface area contributed by atoms with E-state index >= 15 is 0 Å². The van der Waals surface area contributed by atoms with Crippen molar-refractivity contribution in [2.45, 2.75) is 44.7 Å². The van der Waals surface area contributed by atoms with Crippen molar-refractivity contribution < 1.29 is 14.7 Å². The number of carbonyl (C=O) groups is 2. The van der Waals surface area contributed by atoms with Crippen LogP contribution in [0.5, 0.6) is 0 Å². The van der Waals surface area contributed by atoms with Crippen LogP contribution < -0.4 is 5.32 Å². The minimum atomic E-state index is -1.20. The van der Waals surface area contributed by atoms with Gasteiger partial charge in [-0.15, -0.1) is 0 Å². The van der Waals surface area contributed by atoms with Crippen LogP contribution in [0.15, 0.2) is 0 Å². The molecule has 0 aromatic carbocycles. The highest BCUT2D eigenvalue weighted by Gasteiger charge is 2.34. The van der Waals surface area contributed by atoms with E-state index in [-0.39, 0.29) is 6.03 Å². The Morgan fingerprint density at radius 3 is 2.58 bits per heavy atom. The summed E-state index contributed by atoms with van der Waals surface area (Å²) < 4.78 is 0. The van der Waals surface area contributed by atoms with Gasteiger partial charge in [-0.3, -0.25) is 0 Å². The maximum atomic E-state index is 12.0. The number of nitrogens with zero attached hydrogens (tertiary/aromatic N) is 2. The Morgan fingerprint density at radius 2 is 2.16 bits per heavy atom. The molecular weight excluding hydrogens is 246 g/mol. The van der Waals surface area contributed by atoms with Crippen LogP contribution in [0.2, 0.25) is 0 Å². The topological polar surface area (TPSA) is 72.9 Å². The minimum absolute atomic E-state index is 0.327. The van der Waals surface area contributed by atoms with Crippen LogP contribution in [0.4, 0.5) is 4.79 Å². The number of likely N-dealkylation sites (N-methyl/N-ethyl adjacent to an activating group) is 2. The van der Waals surface area contributed by atoms with E-state index in [1.807, 2.05) is 0 Å². The molecule has 0 spiro atoms. The largest absolute Gasteiger partial charge is 0.480 e. The Morgan fingerprint density at radius 1 is 1.53 bits per heavy atom. The third-order valence-electron chi connectivity index (χ3n) is 4.06. The summed E-state index contributed by atoms with van der Waals surface area (Å²) in [4.78, 5) is 27.0. The van der Waals surface area contributed by atoms with Gasteiger partial charge in [0.1, 0.15) is 5.54 Å². The SMILES string of the molecule is CCC(C)(NC(=O)N(C)CC1CCCN1C)C(=O)O. The molecule has 0 saturated carbocycles. The normalized spacial score (nSPS) is 22.8. The predicted molar refractivity (Wildman–Crippen MR) is 73.1 cm³/mol. The summed E-state index contributed by atoms with van der Waals surface area (Å²) in [6.07, 6.45) is 2.59. The Balaban J connectivity index is 2.55. The summed E-state index contributed by atoms with van der Waals surface area (Å²) in [6, 6.07) is 0.0421. The fourth-order valence-corrected chi connectivity index (χ4v) is 2.23. The zero-order chi connectivity index (χ0) is 14.6. The maximum absolute atomic E-state index is 12.0. The smallest absolute Gasteiger partial charge is 0.329 e. The second-order valence-electron chi connectivity index (χ2n) is 5.58. The minimum Gasteiger partial charge on any atom is -0.480 e. The fourth-order valence-electron chi connectivity index (χ4n) is 2.23. The van der Waals surface area contributed by atoms with Gasteiger partial charge in [0.15, 0.2) is 0 Å². The summed E-state index contributed by atoms with van der Waals surface area (Å²) in [5, 5.41) is 11.7. The number of carboxylic acid groups (broad SMARTS) is 1. The molecule has 0 aliphatic carbocycles. The molecule has 1 rings (SSSR count). The van der Waals surface area contributed by atoms with Crippen LogP contribution >= 0.6 is 0 Å². The Kier molecular flexibility index (Phi) is 5.17. The lowest BCUT2D eigenvalue weighted by atomic mass is 10.00. The number of amides is 2. The molecule has 0 aromatic rings. The first-order chi connectivity index (χ1) is 8.80. The lowest BCUT2D eigenvalue weighted by molar-refractivity contribution is -0.143. The summed E-state index contributed by atoms with van der Waals surface area (Å²) in [6.45, 7) is 4.96. The number of nitrogens with one attached hydrogen (secondary N) is 1. The zero-order valence-corrected chi connectivity index (χ0v) is 12.3. The van der Waals surface area contributed by atoms with E-state index in [0.717, 1.165) is 19.4 Å². The van der Waals surface area contributed by atoms with Crippen molar-refractivity contribution in [2.24, 2.45) is 0 Å². The molecule has 1 aliphatic heterocycles. The molecule has 0 radical (unpaired) electrons. The molecule has 1 aliphatic rings. The van der Waals surface area contributed by atoms with Gasteiger partial charge >= 0.3 is 12.0 Å². The van der Waals surface area contributed by atoms with Gasteiger partial charge in [0.05, 0.1) is 0 Å². The first-order valence-electron chi connectivity index (χ1n) is 6.77. The van der Waals surface area contributed by atoms with Crippen molar-refractivity contribution in [3.05, 3.63) is 0 Å². The maximum Gasteiger partial charge on any atom is 0.329 e. The Labute approximate surface area is 114 Å². The van der Waals surface area contributed by atoms with E-state index < -0.39 is 11.5 Å². The number of hydrogen-bond acceptors (Lipinski definition) is 3. The third-order valence-corrected chi connectivity index (χ3v) is 4.06. The average molecular weight is 271 g/mol. The van der Waals surface area contributed by atoms with E-state index in [0.29, 0.717) is 19.0 Å². The molecule has 2 atom stereocenters. The second kappa shape index (κ2) is 6.23. The molecule has 2 unspecified atom stereocenters. The Hall–Kier alpha value is -1.30. The van der Waals surface area contributed by atoms with Crippen LogP contribution in [0.3, 0.4) is 0 Å². The molecule has 19 heavy (non-hydrogen) atoms. The first kappa shape index (κ1) is 15.8. The number of carbonyl (C=O) groups excluding carboxylic acids is 1. The van der Waals surface area contributed by atoms with Crippen molar-refractivity contribution in [1.82, 2.24) is 15.1 Å². The van der Waals surface area contributed by atoms with Gasteiger partial charge < -0.3 is 20.2 Å². The highest BCUT2D eigenvalue weighted by atomic mass is 16.4. The standard InChI is InChI=1S/C13H25N3O3/c1-5-13(2,11(17)18)14-12(19)16(4)9-10-7-6-8-15(10)3/h10H,5-9H2,1-4H3,(H,14,19)(H,17,18). The molecule has 0 aromatic heterocycles. The quantitative estimate of drug-likeness (QED) is 0.781. The summed E-state index contributed by atoms with van der Waals surface area (Å²) in [5.41, 5.74) is -1.20. The van der Waals surface area contributed by atoms with Crippen molar-refractivity contribution in [3.63, 3.8) is 0 Å². The number of carboxylic acids is 1. The summed E-state index contributed by atoms with van der Waals surface area (Å²) >= 11 is 0. The van der Waals surface area contributed by atoms with E-state index in [4.69, 9.17) is 5.11 Å². The van der Waals surface area contributed by atoms with Crippen molar-refractivity contribution in [1.29, 1.82) is 0 Å². The van der Waals surface area contributed by atoms with Crippen molar-refractivity contribution in [2.75, 3.05) is 27.2 Å². The zero-order valence-electron chi connectivity index (χ0n) is 12.3. The molecular formula is C13H25N3O3. The van der Waals surface area contributed by atoms with Crippen molar-refractivity contribution >= 4 is 12.0 Å². The molecule has 1 fully saturated rings. The number of aliphatic carboxylic acids is 1. The molecule has 0 bridgehead atoms. The number of urea groups is 1. The Bertz CT molecular complexity index is 348. The highest BCUT2D eigenvalue weighted by Crippen LogP contribution is 2.16. The number of hydrogen-bond donors (Lipinski definition) is 2. The molecule has 110 valence electrons.